The van der Waals surface area contributed by atoms with E-state index in [0.717, 1.165) is 24.0 Å². The van der Waals surface area contributed by atoms with Crippen molar-refractivity contribution < 1.29 is 23.5 Å². The number of morpholine rings is 1. The van der Waals surface area contributed by atoms with E-state index in [-0.39, 0.29) is 17.6 Å². The normalized spacial score (nSPS) is 21.4. The van der Waals surface area contributed by atoms with Crippen LogP contribution in [0.5, 0.6) is 0 Å². The van der Waals surface area contributed by atoms with Gasteiger partial charge >= 0.3 is 5.97 Å². The molecule has 1 aromatic heterocycles. The van der Waals surface area contributed by atoms with Crippen LogP contribution in [0.15, 0.2) is 42.6 Å². The molecule has 0 bridgehead atoms. The van der Waals surface area contributed by atoms with Crippen LogP contribution < -0.4 is 5.32 Å². The molecule has 3 aliphatic rings. The highest BCUT2D eigenvalue weighted by atomic mass is 35.5. The molecule has 9 heteroatoms. The van der Waals surface area contributed by atoms with Gasteiger partial charge in [-0.1, -0.05) is 23.7 Å². The van der Waals surface area contributed by atoms with E-state index in [1.165, 1.54) is 12.1 Å². The number of hydrogen-bond acceptors (Lipinski definition) is 5. The summed E-state index contributed by atoms with van der Waals surface area (Å²) < 4.78 is 27.3. The van der Waals surface area contributed by atoms with Gasteiger partial charge in [0.15, 0.2) is 0 Å². The fourth-order valence-corrected chi connectivity index (χ4v) is 5.69. The highest BCUT2D eigenvalue weighted by Gasteiger charge is 2.48. The second kappa shape index (κ2) is 8.62. The zero-order valence-corrected chi connectivity index (χ0v) is 19.8. The van der Waals surface area contributed by atoms with Gasteiger partial charge in [0.05, 0.1) is 35.9 Å². The topological polar surface area (TPSA) is 72.8 Å². The van der Waals surface area contributed by atoms with E-state index < -0.39 is 17.4 Å². The Balaban J connectivity index is 1.25. The van der Waals surface area contributed by atoms with Crippen LogP contribution in [0.1, 0.15) is 39.1 Å². The minimum Gasteiger partial charge on any atom is -0.450 e. The molecule has 4 heterocycles. The van der Waals surface area contributed by atoms with E-state index in [4.69, 9.17) is 21.1 Å². The average molecular weight is 498 g/mol. The molecule has 2 fully saturated rings. The van der Waals surface area contributed by atoms with Gasteiger partial charge in [0.1, 0.15) is 11.4 Å². The number of aromatic nitrogens is 1. The van der Waals surface area contributed by atoms with E-state index in [0.29, 0.717) is 55.2 Å². The minimum atomic E-state index is -0.802. The minimum absolute atomic E-state index is 0.0121. The van der Waals surface area contributed by atoms with Gasteiger partial charge in [0, 0.05) is 61.2 Å². The highest BCUT2D eigenvalue weighted by molar-refractivity contribution is 6.31. The molecule has 6 rings (SSSR count). The molecule has 0 unspecified atom stereocenters. The smallest absolute Gasteiger partial charge is 0.339 e. The molecule has 1 amide bonds. The molecule has 0 radical (unpaired) electrons. The maximum absolute atomic E-state index is 13.7. The Bertz CT molecular complexity index is 1330. The number of nitrogens with one attached hydrogen (secondary N) is 1. The van der Waals surface area contributed by atoms with E-state index in [9.17, 15) is 14.0 Å². The third-order valence-corrected chi connectivity index (χ3v) is 7.55. The second-order valence-corrected chi connectivity index (χ2v) is 9.86. The predicted octanol–water partition coefficient (Wildman–Crippen LogP) is 3.72. The summed E-state index contributed by atoms with van der Waals surface area (Å²) in [6.07, 6.45) is 2.84. The number of carbonyl (C=O) groups is 2. The lowest BCUT2D eigenvalue weighted by atomic mass is 9.83. The number of nitrogens with zero attached hydrogens (tertiary/aromatic N) is 2. The standard InChI is InChI=1S/C26H25ClFN3O4/c27-16-1-3-19-21(15-31(23(19)11-16)14-18-13-29-7-10-34-18)24(32)30-8-5-26(6-9-30)22-4-2-17(28)12-20(22)25(33)35-26/h1-4,11-12,15,18,29H,5-10,13-14H2/t18-/m1/s1. The zero-order valence-electron chi connectivity index (χ0n) is 19.1. The Hall–Kier alpha value is -2.94. The molecule has 182 valence electrons. The summed E-state index contributed by atoms with van der Waals surface area (Å²) in [7, 11) is 0. The van der Waals surface area contributed by atoms with Gasteiger partial charge in [0.2, 0.25) is 0 Å². The van der Waals surface area contributed by atoms with E-state index in [2.05, 4.69) is 5.32 Å². The summed E-state index contributed by atoms with van der Waals surface area (Å²) in [4.78, 5) is 27.8. The molecular weight excluding hydrogens is 473 g/mol. The number of amides is 1. The number of esters is 1. The van der Waals surface area contributed by atoms with Crippen LogP contribution in [0.25, 0.3) is 10.9 Å². The maximum atomic E-state index is 13.7. The first-order valence-electron chi connectivity index (χ1n) is 11.9. The van der Waals surface area contributed by atoms with Crippen LogP contribution in [-0.2, 0) is 21.6 Å². The first-order valence-corrected chi connectivity index (χ1v) is 12.2. The van der Waals surface area contributed by atoms with Gasteiger partial charge in [-0.25, -0.2) is 9.18 Å². The lowest BCUT2D eigenvalue weighted by Gasteiger charge is -2.38. The number of carbonyl (C=O) groups excluding carboxylic acids is 2. The molecule has 3 aliphatic heterocycles. The van der Waals surface area contributed by atoms with E-state index in [1.807, 2.05) is 22.9 Å². The Morgan fingerprint density at radius 2 is 2.03 bits per heavy atom. The monoisotopic (exact) mass is 497 g/mol. The number of rotatable bonds is 3. The van der Waals surface area contributed by atoms with Crippen molar-refractivity contribution in [1.82, 2.24) is 14.8 Å². The van der Waals surface area contributed by atoms with Crippen molar-refractivity contribution in [3.63, 3.8) is 0 Å². The summed E-state index contributed by atoms with van der Waals surface area (Å²) >= 11 is 6.29. The highest BCUT2D eigenvalue weighted by Crippen LogP contribution is 2.44. The van der Waals surface area contributed by atoms with Gasteiger partial charge in [-0.15, -0.1) is 0 Å². The summed E-state index contributed by atoms with van der Waals surface area (Å²) in [5.41, 5.74) is 1.70. The zero-order chi connectivity index (χ0) is 24.2. The molecular formula is C26H25ClFN3O4. The van der Waals surface area contributed by atoms with Crippen molar-refractivity contribution in [1.29, 1.82) is 0 Å². The number of likely N-dealkylation sites (tertiary alicyclic amines) is 1. The fourth-order valence-electron chi connectivity index (χ4n) is 5.53. The lowest BCUT2D eigenvalue weighted by molar-refractivity contribution is -0.0389. The molecule has 35 heavy (non-hydrogen) atoms. The van der Waals surface area contributed by atoms with Gasteiger partial charge in [-0.05, 0) is 24.3 Å². The van der Waals surface area contributed by atoms with Crippen LogP contribution in [0.4, 0.5) is 4.39 Å². The van der Waals surface area contributed by atoms with Crippen molar-refractivity contribution >= 4 is 34.4 Å². The first-order chi connectivity index (χ1) is 16.9. The average Bonchev–Trinajstić information content (AvgIpc) is 3.34. The van der Waals surface area contributed by atoms with Crippen molar-refractivity contribution in [2.45, 2.75) is 31.1 Å². The third-order valence-electron chi connectivity index (χ3n) is 7.32. The van der Waals surface area contributed by atoms with Crippen LogP contribution in [-0.4, -0.2) is 60.2 Å². The molecule has 1 N–H and O–H groups in total. The van der Waals surface area contributed by atoms with E-state index in [1.54, 1.807) is 17.0 Å². The number of benzene rings is 2. The van der Waals surface area contributed by atoms with Crippen LogP contribution in [0.3, 0.4) is 0 Å². The van der Waals surface area contributed by atoms with Gasteiger partial charge in [-0.2, -0.15) is 0 Å². The first kappa shape index (κ1) is 22.5. The summed E-state index contributed by atoms with van der Waals surface area (Å²) in [5.74, 6) is -1.04. The number of ether oxygens (including phenoxy) is 2. The Kier molecular flexibility index (Phi) is 5.55. The summed E-state index contributed by atoms with van der Waals surface area (Å²) in [6, 6.07) is 9.77. The number of halogens is 2. The quantitative estimate of drug-likeness (QED) is 0.558. The lowest BCUT2D eigenvalue weighted by Crippen LogP contribution is -2.45. The molecule has 1 atom stereocenters. The van der Waals surface area contributed by atoms with Crippen LogP contribution >= 0.6 is 11.6 Å². The second-order valence-electron chi connectivity index (χ2n) is 9.42. The molecule has 0 aliphatic carbocycles. The molecule has 2 aromatic carbocycles. The molecule has 2 saturated heterocycles. The van der Waals surface area contributed by atoms with Crippen molar-refractivity contribution in [3.05, 3.63) is 70.1 Å². The van der Waals surface area contributed by atoms with Crippen molar-refractivity contribution in [2.75, 3.05) is 32.8 Å². The number of hydrogen-bond donors (Lipinski definition) is 1. The van der Waals surface area contributed by atoms with E-state index >= 15 is 0 Å². The van der Waals surface area contributed by atoms with Crippen molar-refractivity contribution in [3.8, 4) is 0 Å². The summed E-state index contributed by atoms with van der Waals surface area (Å²) in [6.45, 7) is 3.72. The Labute approximate surface area is 206 Å². The number of piperidine rings is 1. The molecule has 0 saturated carbocycles. The molecule has 7 nitrogen and oxygen atoms in total. The Morgan fingerprint density at radius 1 is 1.20 bits per heavy atom. The largest absolute Gasteiger partial charge is 0.450 e. The van der Waals surface area contributed by atoms with Gasteiger partial charge in [-0.3, -0.25) is 4.79 Å². The maximum Gasteiger partial charge on any atom is 0.339 e. The third kappa shape index (κ3) is 3.90. The van der Waals surface area contributed by atoms with Gasteiger partial charge in [0.25, 0.3) is 5.91 Å². The number of fused-ring (bicyclic) bond motifs is 3. The Morgan fingerprint density at radius 3 is 2.80 bits per heavy atom. The SMILES string of the molecule is O=C1OC2(CCN(C(=O)c3cn(C[C@H]4CNCCO4)c4cc(Cl)ccc34)CC2)c2ccc(F)cc21. The fraction of sp³-hybridized carbons (Fsp3) is 0.385. The van der Waals surface area contributed by atoms with Gasteiger partial charge < -0.3 is 24.3 Å². The summed E-state index contributed by atoms with van der Waals surface area (Å²) in [5, 5.41) is 4.79. The van der Waals surface area contributed by atoms with Crippen LogP contribution in [0, 0.1) is 5.82 Å². The van der Waals surface area contributed by atoms with Crippen molar-refractivity contribution in [2.24, 2.45) is 0 Å². The van der Waals surface area contributed by atoms with Crippen LogP contribution in [0.2, 0.25) is 5.02 Å². The predicted molar refractivity (Wildman–Crippen MR) is 128 cm³/mol. The molecule has 3 aromatic rings. The molecule has 1 spiro atoms.